The van der Waals surface area contributed by atoms with Gasteiger partial charge in [-0.2, -0.15) is 0 Å². The van der Waals surface area contributed by atoms with Gasteiger partial charge in [0, 0.05) is 13.7 Å². The summed E-state index contributed by atoms with van der Waals surface area (Å²) in [5.74, 6) is 0. The molecule has 1 unspecified atom stereocenters. The van der Waals surface area contributed by atoms with E-state index in [1.54, 1.807) is 7.11 Å². The molecule has 3 rings (SSSR count). The van der Waals surface area contributed by atoms with Gasteiger partial charge < -0.3 is 4.74 Å². The summed E-state index contributed by atoms with van der Waals surface area (Å²) in [6.07, 6.45) is 2.25. The van der Waals surface area contributed by atoms with Gasteiger partial charge in [-0.15, -0.1) is 0 Å². The lowest BCUT2D eigenvalue weighted by Crippen LogP contribution is -2.52. The van der Waals surface area contributed by atoms with Gasteiger partial charge in [-0.1, -0.05) is 138 Å². The molecule has 176 valence electrons. The van der Waals surface area contributed by atoms with Crippen molar-refractivity contribution in [3.63, 3.8) is 0 Å². The van der Waals surface area contributed by atoms with Crippen molar-refractivity contribution in [3.05, 3.63) is 108 Å². The molecule has 0 spiro atoms. The fraction of sp³-hybridized carbons (Fsp3) is 0.357. The molecule has 33 heavy (non-hydrogen) atoms. The Labute approximate surface area is 215 Å². The zero-order chi connectivity index (χ0) is 23.8. The Hall–Kier alpha value is -1.29. The fourth-order valence-corrected chi connectivity index (χ4v) is 11.0. The summed E-state index contributed by atoms with van der Waals surface area (Å²) < 4.78 is 4.29. The molecule has 0 saturated carbocycles. The molecule has 3 aromatic rings. The Kier molecular flexibility index (Phi) is 9.49. The standard InChI is InChI=1S/C28H33Cl3OSi/c1-32-18-19-33(2,22-26-16-10-5-11-17-26)27(23-28(29,30)31,20-24-12-6-3-7-13-24)21-25-14-8-4-9-15-25/h3-17H,18-23H2,1-2H3. The lowest BCUT2D eigenvalue weighted by molar-refractivity contribution is 0.212. The van der Waals surface area contributed by atoms with Crippen molar-refractivity contribution in [2.75, 3.05) is 13.7 Å². The van der Waals surface area contributed by atoms with Crippen LogP contribution in [0.15, 0.2) is 91.0 Å². The molecule has 0 aromatic heterocycles. The van der Waals surface area contributed by atoms with E-state index in [0.717, 1.165) is 24.9 Å². The first kappa shape index (κ1) is 26.3. The number of rotatable bonds is 11. The smallest absolute Gasteiger partial charge is 0.190 e. The minimum absolute atomic E-state index is 0.185. The Balaban J connectivity index is 2.17. The summed E-state index contributed by atoms with van der Waals surface area (Å²) in [6.45, 7) is 3.20. The maximum absolute atomic E-state index is 6.61. The van der Waals surface area contributed by atoms with Gasteiger partial charge in [0.15, 0.2) is 3.79 Å². The number of hydrogen-bond acceptors (Lipinski definition) is 1. The molecule has 1 atom stereocenters. The third kappa shape index (κ3) is 7.60. The SMILES string of the molecule is COCC[Si](C)(Cc1ccccc1)C(Cc1ccccc1)(Cc1ccccc1)CC(Cl)(Cl)Cl. The Morgan fingerprint density at radius 1 is 0.697 bits per heavy atom. The van der Waals surface area contributed by atoms with E-state index >= 15 is 0 Å². The van der Waals surface area contributed by atoms with Crippen molar-refractivity contribution < 1.29 is 4.74 Å². The van der Waals surface area contributed by atoms with E-state index < -0.39 is 11.9 Å². The minimum Gasteiger partial charge on any atom is -0.385 e. The van der Waals surface area contributed by atoms with Gasteiger partial charge in [0.25, 0.3) is 0 Å². The highest BCUT2D eigenvalue weighted by Gasteiger charge is 2.52. The van der Waals surface area contributed by atoms with Crippen molar-refractivity contribution in [1.82, 2.24) is 0 Å². The zero-order valence-corrected chi connectivity index (χ0v) is 22.7. The Bertz CT molecular complexity index is 919. The van der Waals surface area contributed by atoms with Gasteiger partial charge in [-0.05, 0) is 47.5 Å². The van der Waals surface area contributed by atoms with E-state index in [4.69, 9.17) is 39.5 Å². The van der Waals surface area contributed by atoms with Crippen LogP contribution >= 0.6 is 34.8 Å². The number of benzene rings is 3. The lowest BCUT2D eigenvalue weighted by atomic mass is 9.89. The van der Waals surface area contributed by atoms with E-state index in [2.05, 4.69) is 97.5 Å². The second-order valence-electron chi connectivity index (χ2n) is 9.36. The normalized spacial score (nSPS) is 14.1. The van der Waals surface area contributed by atoms with Crippen molar-refractivity contribution in [3.8, 4) is 0 Å². The number of hydrogen-bond donors (Lipinski definition) is 0. The van der Waals surface area contributed by atoms with E-state index in [-0.39, 0.29) is 5.04 Å². The number of alkyl halides is 3. The molecule has 0 aliphatic carbocycles. The van der Waals surface area contributed by atoms with Crippen molar-refractivity contribution in [2.24, 2.45) is 0 Å². The highest BCUT2D eigenvalue weighted by molar-refractivity contribution is 6.81. The van der Waals surface area contributed by atoms with Gasteiger partial charge in [-0.25, -0.2) is 0 Å². The van der Waals surface area contributed by atoms with E-state index in [1.807, 2.05) is 0 Å². The molecule has 0 radical (unpaired) electrons. The molecule has 0 amide bonds. The molecule has 0 heterocycles. The molecule has 0 bridgehead atoms. The van der Waals surface area contributed by atoms with Crippen LogP contribution in [0.4, 0.5) is 0 Å². The first-order valence-electron chi connectivity index (χ1n) is 11.4. The summed E-state index contributed by atoms with van der Waals surface area (Å²) >= 11 is 19.8. The van der Waals surface area contributed by atoms with Crippen LogP contribution < -0.4 is 0 Å². The topological polar surface area (TPSA) is 9.23 Å². The van der Waals surface area contributed by atoms with Gasteiger partial charge in [0.05, 0.1) is 8.07 Å². The molecular formula is C28H33Cl3OSi. The van der Waals surface area contributed by atoms with Gasteiger partial charge in [-0.3, -0.25) is 0 Å². The first-order valence-corrected chi connectivity index (χ1v) is 15.5. The van der Waals surface area contributed by atoms with Gasteiger partial charge in [0.2, 0.25) is 0 Å². The molecule has 0 saturated heterocycles. The van der Waals surface area contributed by atoms with E-state index in [0.29, 0.717) is 13.0 Å². The molecule has 3 aromatic carbocycles. The number of halogens is 3. The molecular weight excluding hydrogens is 487 g/mol. The van der Waals surface area contributed by atoms with E-state index in [1.165, 1.54) is 16.7 Å². The predicted molar refractivity (Wildman–Crippen MR) is 146 cm³/mol. The number of methoxy groups -OCH3 is 1. The summed E-state index contributed by atoms with van der Waals surface area (Å²) in [5, 5.41) is -0.185. The quantitative estimate of drug-likeness (QED) is 0.182. The third-order valence-electron chi connectivity index (χ3n) is 6.88. The molecule has 0 fully saturated rings. The first-order chi connectivity index (χ1) is 15.8. The van der Waals surface area contributed by atoms with Crippen molar-refractivity contribution in [1.29, 1.82) is 0 Å². The largest absolute Gasteiger partial charge is 0.385 e. The maximum atomic E-state index is 6.61. The highest BCUT2D eigenvalue weighted by atomic mass is 35.6. The molecule has 1 nitrogen and oxygen atoms in total. The van der Waals surface area contributed by atoms with Crippen LogP contribution in [0.2, 0.25) is 17.6 Å². The van der Waals surface area contributed by atoms with E-state index in [9.17, 15) is 0 Å². The van der Waals surface area contributed by atoms with Gasteiger partial charge >= 0.3 is 0 Å². The third-order valence-corrected chi connectivity index (χ3v) is 12.9. The summed E-state index contributed by atoms with van der Waals surface area (Å²) in [4.78, 5) is 0. The monoisotopic (exact) mass is 518 g/mol. The van der Waals surface area contributed by atoms with Crippen LogP contribution in [0.25, 0.3) is 0 Å². The molecule has 0 aliphatic rings. The average molecular weight is 520 g/mol. The Morgan fingerprint density at radius 2 is 1.12 bits per heavy atom. The minimum atomic E-state index is -2.14. The van der Waals surface area contributed by atoms with Crippen LogP contribution in [-0.4, -0.2) is 25.6 Å². The summed E-state index contributed by atoms with van der Waals surface area (Å²) in [5.41, 5.74) is 3.91. The number of ether oxygens (including phenoxy) is 1. The molecule has 5 heteroatoms. The van der Waals surface area contributed by atoms with Crippen molar-refractivity contribution >= 4 is 42.9 Å². The van der Waals surface area contributed by atoms with Crippen LogP contribution in [0.3, 0.4) is 0 Å². The van der Waals surface area contributed by atoms with Crippen LogP contribution in [0.1, 0.15) is 23.1 Å². The zero-order valence-electron chi connectivity index (χ0n) is 19.4. The van der Waals surface area contributed by atoms with Crippen LogP contribution in [0.5, 0.6) is 0 Å². The summed E-state index contributed by atoms with van der Waals surface area (Å²) in [7, 11) is -0.365. The molecule has 0 N–H and O–H groups in total. The predicted octanol–water partition coefficient (Wildman–Crippen LogP) is 8.48. The second kappa shape index (κ2) is 11.9. The van der Waals surface area contributed by atoms with Crippen LogP contribution in [0, 0.1) is 0 Å². The Morgan fingerprint density at radius 3 is 1.52 bits per heavy atom. The maximum Gasteiger partial charge on any atom is 0.190 e. The van der Waals surface area contributed by atoms with Crippen LogP contribution in [-0.2, 0) is 23.6 Å². The lowest BCUT2D eigenvalue weighted by Gasteiger charge is -2.50. The van der Waals surface area contributed by atoms with Crippen molar-refractivity contribution in [2.45, 2.75) is 46.7 Å². The summed E-state index contributed by atoms with van der Waals surface area (Å²) in [6, 6.07) is 34.1. The average Bonchev–Trinajstić information content (AvgIpc) is 2.78. The van der Waals surface area contributed by atoms with Gasteiger partial charge in [0.1, 0.15) is 0 Å². The second-order valence-corrected chi connectivity index (χ2v) is 16.9. The fourth-order valence-electron chi connectivity index (χ4n) is 5.10. The highest BCUT2D eigenvalue weighted by Crippen LogP contribution is 2.56. The molecule has 0 aliphatic heterocycles.